The van der Waals surface area contributed by atoms with E-state index >= 15 is 0 Å². The summed E-state index contributed by atoms with van der Waals surface area (Å²) in [5, 5.41) is 0. The fraction of sp³-hybridized carbons (Fsp3) is 0.0769. The second kappa shape index (κ2) is 4.33. The minimum Gasteiger partial charge on any atom is -0.127 e. The van der Waals surface area contributed by atoms with E-state index in [1.54, 1.807) is 0 Å². The third-order valence-electron chi connectivity index (χ3n) is 3.07. The Labute approximate surface area is 123 Å². The number of hydrogen-bond donors (Lipinski definition) is 0. The van der Waals surface area contributed by atoms with Crippen LogP contribution in [0.15, 0.2) is 42.5 Å². The molecule has 3 rings (SSSR count). The molecule has 0 unspecified atom stereocenters. The van der Waals surface area contributed by atoms with Gasteiger partial charge in [0.05, 0.1) is 0 Å². The molecule has 0 amide bonds. The number of halogens is 2. The van der Waals surface area contributed by atoms with Crippen molar-refractivity contribution in [2.24, 2.45) is 0 Å². The third-order valence-corrected chi connectivity index (χ3v) is 4.51. The van der Waals surface area contributed by atoms with Crippen molar-refractivity contribution in [1.82, 2.24) is 0 Å². The molecule has 78 valence electrons. The summed E-state index contributed by atoms with van der Waals surface area (Å²) in [5.74, 6) is 0. The maximum absolute atomic E-state index is 2.46. The molecule has 0 aliphatic heterocycles. The molecule has 0 saturated heterocycles. The van der Waals surface area contributed by atoms with Gasteiger partial charge in [-0.2, -0.15) is 0 Å². The number of rotatable bonds is 1. The van der Waals surface area contributed by atoms with Gasteiger partial charge in [0.15, 0.2) is 0 Å². The zero-order chi connectivity index (χ0) is 11.1. The summed E-state index contributed by atoms with van der Waals surface area (Å²) >= 11 is 4.92. The van der Waals surface area contributed by atoms with Gasteiger partial charge in [-0.15, -0.1) is 44.7 Å². The van der Waals surface area contributed by atoms with Gasteiger partial charge in [-0.05, 0) is 28.7 Å². The molecule has 0 nitrogen and oxygen atoms in total. The zero-order valence-electron chi connectivity index (χ0n) is 8.58. The quantitative estimate of drug-likeness (QED) is 0.407. The molecule has 16 heavy (non-hydrogen) atoms. The van der Waals surface area contributed by atoms with E-state index in [9.17, 15) is 0 Å². The van der Waals surface area contributed by atoms with E-state index in [0.717, 1.165) is 6.42 Å². The summed E-state index contributed by atoms with van der Waals surface area (Å²) in [7, 11) is 0. The first-order valence-electron chi connectivity index (χ1n) is 5.25. The van der Waals surface area contributed by atoms with E-state index in [1.807, 2.05) is 0 Å². The van der Waals surface area contributed by atoms with Gasteiger partial charge < -0.3 is 0 Å². The molecular weight excluding hydrogens is 421 g/mol. The molecule has 3 heteroatoms. The van der Waals surface area contributed by atoms with Gasteiger partial charge in [0.25, 0.3) is 0 Å². The number of fused-ring (bicyclic) bond motifs is 3. The van der Waals surface area contributed by atoms with Crippen LogP contribution in [-0.2, 0) is 6.42 Å². The van der Waals surface area contributed by atoms with Gasteiger partial charge >= 0.3 is 2.43 Å². The third kappa shape index (κ3) is 1.81. The van der Waals surface area contributed by atoms with E-state index < -0.39 is 0 Å². The smallest absolute Gasteiger partial charge is 0.127 e. The van der Waals surface area contributed by atoms with E-state index in [1.165, 1.54) is 27.7 Å². The van der Waals surface area contributed by atoms with Crippen molar-refractivity contribution < 1.29 is 0 Å². The molecule has 0 N–H and O–H groups in total. The summed E-state index contributed by atoms with van der Waals surface area (Å²) < 4.78 is 0.559. The molecule has 0 spiro atoms. The summed E-state index contributed by atoms with van der Waals surface area (Å²) in [6.07, 6.45) is 1.10. The van der Waals surface area contributed by atoms with E-state index in [-0.39, 0.29) is 0 Å². The van der Waals surface area contributed by atoms with Gasteiger partial charge in [0.1, 0.15) is 0 Å². The van der Waals surface area contributed by atoms with Gasteiger partial charge in [0, 0.05) is 0 Å². The van der Waals surface area contributed by atoms with Gasteiger partial charge in [-0.1, -0.05) is 47.9 Å². The molecule has 0 fully saturated rings. The van der Waals surface area contributed by atoms with Crippen LogP contribution in [-0.4, -0.2) is 2.43 Å². The molecule has 0 bridgehead atoms. The van der Waals surface area contributed by atoms with E-state index in [2.05, 4.69) is 87.2 Å². The van der Waals surface area contributed by atoms with Gasteiger partial charge in [-0.3, -0.25) is 0 Å². The monoisotopic (exact) mass is 430 g/mol. The topological polar surface area (TPSA) is 0 Å². The Morgan fingerprint density at radius 1 is 0.875 bits per heavy atom. The molecule has 2 aromatic rings. The Hall–Kier alpha value is -0.0351. The average molecular weight is 430 g/mol. The Balaban J connectivity index is 2.14. The SMILES string of the molecule is IB(I)c1ccc2c(c1)Cc1ccccc1-2. The molecule has 0 atom stereocenters. The lowest BCUT2D eigenvalue weighted by atomic mass is 9.92. The maximum atomic E-state index is 2.46. The van der Waals surface area contributed by atoms with Crippen LogP contribution in [0.25, 0.3) is 11.1 Å². The second-order valence-corrected chi connectivity index (χ2v) is 8.93. The summed E-state index contributed by atoms with van der Waals surface area (Å²) in [4.78, 5) is 0. The average Bonchev–Trinajstić information content (AvgIpc) is 2.66. The van der Waals surface area contributed by atoms with Crippen molar-refractivity contribution in [3.05, 3.63) is 53.6 Å². The Morgan fingerprint density at radius 2 is 1.62 bits per heavy atom. The Kier molecular flexibility index (Phi) is 3.00. The van der Waals surface area contributed by atoms with Crippen LogP contribution in [0.2, 0.25) is 0 Å². The van der Waals surface area contributed by atoms with Crippen molar-refractivity contribution >= 4 is 52.6 Å². The Bertz CT molecular complexity index is 549. The summed E-state index contributed by atoms with van der Waals surface area (Å²) in [5.41, 5.74) is 7.22. The van der Waals surface area contributed by atoms with Gasteiger partial charge in [-0.25, -0.2) is 0 Å². The lowest BCUT2D eigenvalue weighted by Crippen LogP contribution is -2.16. The second-order valence-electron chi connectivity index (χ2n) is 4.05. The predicted molar refractivity (Wildman–Crippen MR) is 88.1 cm³/mol. The van der Waals surface area contributed by atoms with Crippen LogP contribution in [0.1, 0.15) is 11.1 Å². The summed E-state index contributed by atoms with van der Waals surface area (Å²) in [6.45, 7) is 0. The van der Waals surface area contributed by atoms with Crippen LogP contribution in [0.4, 0.5) is 0 Å². The van der Waals surface area contributed by atoms with E-state index in [0.29, 0.717) is 2.43 Å². The normalized spacial score (nSPS) is 12.1. The van der Waals surface area contributed by atoms with Crippen LogP contribution < -0.4 is 5.46 Å². The zero-order valence-corrected chi connectivity index (χ0v) is 12.9. The first-order valence-corrected chi connectivity index (χ1v) is 7.74. The van der Waals surface area contributed by atoms with E-state index in [4.69, 9.17) is 0 Å². The minimum atomic E-state index is 0.559. The highest BCUT2D eigenvalue weighted by Crippen LogP contribution is 2.35. The number of benzene rings is 2. The lowest BCUT2D eigenvalue weighted by molar-refractivity contribution is 1.27. The molecule has 2 aromatic carbocycles. The highest BCUT2D eigenvalue weighted by Gasteiger charge is 2.19. The van der Waals surface area contributed by atoms with Crippen LogP contribution in [0.3, 0.4) is 0 Å². The predicted octanol–water partition coefficient (Wildman–Crippen LogP) is 3.82. The number of hydrogen-bond acceptors (Lipinski definition) is 0. The van der Waals surface area contributed by atoms with Crippen LogP contribution in [0.5, 0.6) is 0 Å². The first-order chi connectivity index (χ1) is 7.75. The summed E-state index contributed by atoms with van der Waals surface area (Å²) in [6, 6.07) is 15.6. The molecule has 0 aromatic heterocycles. The highest BCUT2D eigenvalue weighted by molar-refractivity contribution is 14.3. The maximum Gasteiger partial charge on any atom is 0.320 e. The molecule has 0 radical (unpaired) electrons. The van der Waals surface area contributed by atoms with Crippen molar-refractivity contribution in [1.29, 1.82) is 0 Å². The van der Waals surface area contributed by atoms with Crippen LogP contribution >= 0.6 is 44.7 Å². The minimum absolute atomic E-state index is 0.559. The van der Waals surface area contributed by atoms with Gasteiger partial charge in [0.2, 0.25) is 0 Å². The first kappa shape index (κ1) is 11.1. The van der Waals surface area contributed by atoms with Crippen molar-refractivity contribution in [3.8, 4) is 11.1 Å². The molecule has 0 saturated carbocycles. The fourth-order valence-electron chi connectivity index (χ4n) is 2.30. The molecular formula is C13H9BI2. The fourth-order valence-corrected chi connectivity index (χ4v) is 3.08. The van der Waals surface area contributed by atoms with Crippen LogP contribution in [0, 0.1) is 0 Å². The molecule has 1 aliphatic rings. The van der Waals surface area contributed by atoms with Crippen molar-refractivity contribution in [2.75, 3.05) is 0 Å². The van der Waals surface area contributed by atoms with Crippen molar-refractivity contribution in [2.45, 2.75) is 6.42 Å². The standard InChI is InChI=1S/C13H9BI2/c15-14(16)11-5-6-13-10(8-11)7-9-3-1-2-4-12(9)13/h1-6,8H,7H2. The molecule has 0 heterocycles. The van der Waals surface area contributed by atoms with Crippen molar-refractivity contribution in [3.63, 3.8) is 0 Å². The lowest BCUT2D eigenvalue weighted by Gasteiger charge is -2.04. The highest BCUT2D eigenvalue weighted by atomic mass is 127. The molecule has 1 aliphatic carbocycles. The Morgan fingerprint density at radius 3 is 2.44 bits per heavy atom. The largest absolute Gasteiger partial charge is 0.320 e.